The summed E-state index contributed by atoms with van der Waals surface area (Å²) in [5.74, 6) is 0. The van der Waals surface area contributed by atoms with Crippen molar-refractivity contribution in [2.45, 2.75) is 6.92 Å². The van der Waals surface area contributed by atoms with Gasteiger partial charge in [-0.3, -0.25) is 0 Å². The highest BCUT2D eigenvalue weighted by atomic mass is 127. The summed E-state index contributed by atoms with van der Waals surface area (Å²) in [4.78, 5) is 3.50. The highest BCUT2D eigenvalue weighted by Crippen LogP contribution is 2.38. The van der Waals surface area contributed by atoms with E-state index in [9.17, 15) is 0 Å². The van der Waals surface area contributed by atoms with Gasteiger partial charge >= 0.3 is 0 Å². The van der Waals surface area contributed by atoms with Crippen molar-refractivity contribution in [3.8, 4) is 22.4 Å². The predicted octanol–water partition coefficient (Wildman–Crippen LogP) is 6.68. The van der Waals surface area contributed by atoms with Gasteiger partial charge in [-0.2, -0.15) is 0 Å². The SMILES string of the molecule is Cc1[nH]c(-c2ccc(Cl)cc2)c(-c2cccc(Br)c2)c1I. The fraction of sp³-hybridized carbons (Fsp3) is 0.0588. The third-order valence-corrected chi connectivity index (χ3v) is 5.45. The molecule has 0 aliphatic heterocycles. The molecule has 0 saturated heterocycles. The summed E-state index contributed by atoms with van der Waals surface area (Å²) in [6.45, 7) is 2.10. The first kappa shape index (κ1) is 15.1. The van der Waals surface area contributed by atoms with Crippen LogP contribution >= 0.6 is 50.1 Å². The van der Waals surface area contributed by atoms with Crippen molar-refractivity contribution in [3.63, 3.8) is 0 Å². The van der Waals surface area contributed by atoms with Crippen LogP contribution in [0, 0.1) is 10.5 Å². The molecule has 0 fully saturated rings. The highest BCUT2D eigenvalue weighted by molar-refractivity contribution is 14.1. The van der Waals surface area contributed by atoms with Crippen LogP contribution in [-0.4, -0.2) is 4.98 Å². The first-order valence-electron chi connectivity index (χ1n) is 6.46. The lowest BCUT2D eigenvalue weighted by Crippen LogP contribution is -1.84. The molecule has 0 spiro atoms. The number of hydrogen-bond donors (Lipinski definition) is 1. The standard InChI is InChI=1S/C17H12BrClIN/c1-10-16(20)15(12-3-2-4-13(18)9-12)17(21-10)11-5-7-14(19)8-6-11/h2-9,21H,1H3. The van der Waals surface area contributed by atoms with Crippen molar-refractivity contribution >= 4 is 50.1 Å². The van der Waals surface area contributed by atoms with E-state index in [1.165, 1.54) is 20.4 Å². The summed E-state index contributed by atoms with van der Waals surface area (Å²) < 4.78 is 2.33. The van der Waals surface area contributed by atoms with Gasteiger partial charge in [0.2, 0.25) is 0 Å². The zero-order chi connectivity index (χ0) is 15.0. The van der Waals surface area contributed by atoms with E-state index >= 15 is 0 Å². The Morgan fingerprint density at radius 2 is 1.76 bits per heavy atom. The van der Waals surface area contributed by atoms with Crippen LogP contribution in [0.5, 0.6) is 0 Å². The smallest absolute Gasteiger partial charge is 0.0546 e. The molecule has 0 unspecified atom stereocenters. The lowest BCUT2D eigenvalue weighted by atomic mass is 10.0. The third kappa shape index (κ3) is 3.05. The number of hydrogen-bond acceptors (Lipinski definition) is 0. The van der Waals surface area contributed by atoms with E-state index in [0.717, 1.165) is 20.8 Å². The second-order valence-corrected chi connectivity index (χ2v) is 7.26. The quantitative estimate of drug-likeness (QED) is 0.401. The lowest BCUT2D eigenvalue weighted by molar-refractivity contribution is 1.25. The summed E-state index contributed by atoms with van der Waals surface area (Å²) in [5, 5.41) is 0.751. The second-order valence-electron chi connectivity index (χ2n) is 4.83. The van der Waals surface area contributed by atoms with Crippen LogP contribution in [0.25, 0.3) is 22.4 Å². The van der Waals surface area contributed by atoms with Crippen molar-refractivity contribution in [1.29, 1.82) is 0 Å². The number of benzene rings is 2. The van der Waals surface area contributed by atoms with Crippen molar-refractivity contribution in [2.75, 3.05) is 0 Å². The normalized spacial score (nSPS) is 10.9. The van der Waals surface area contributed by atoms with E-state index in [2.05, 4.69) is 68.6 Å². The van der Waals surface area contributed by atoms with E-state index in [0.29, 0.717) is 0 Å². The summed E-state index contributed by atoms with van der Waals surface area (Å²) in [6.07, 6.45) is 0. The molecule has 21 heavy (non-hydrogen) atoms. The Hall–Kier alpha value is -0.780. The van der Waals surface area contributed by atoms with Crippen LogP contribution in [0.15, 0.2) is 53.0 Å². The topological polar surface area (TPSA) is 15.8 Å². The van der Waals surface area contributed by atoms with Gasteiger partial charge in [-0.05, 0) is 64.9 Å². The minimum absolute atomic E-state index is 0.751. The molecular weight excluding hydrogens is 460 g/mol. The van der Waals surface area contributed by atoms with Crippen molar-refractivity contribution in [3.05, 3.63) is 67.3 Å². The number of aromatic amines is 1. The van der Waals surface area contributed by atoms with Crippen LogP contribution in [0.2, 0.25) is 5.02 Å². The molecule has 1 nitrogen and oxygen atoms in total. The Morgan fingerprint density at radius 1 is 1.05 bits per heavy atom. The van der Waals surface area contributed by atoms with Crippen LogP contribution in [0.3, 0.4) is 0 Å². The van der Waals surface area contributed by atoms with E-state index in [1.54, 1.807) is 0 Å². The van der Waals surface area contributed by atoms with Gasteiger partial charge in [0.05, 0.1) is 5.69 Å². The summed E-state index contributed by atoms with van der Waals surface area (Å²) >= 11 is 11.9. The average molecular weight is 473 g/mol. The molecule has 1 N–H and O–H groups in total. The monoisotopic (exact) mass is 471 g/mol. The summed E-state index contributed by atoms with van der Waals surface area (Å²) in [6, 6.07) is 16.3. The van der Waals surface area contributed by atoms with E-state index in [1.807, 2.05) is 30.3 Å². The zero-order valence-corrected chi connectivity index (χ0v) is 15.8. The van der Waals surface area contributed by atoms with E-state index in [-0.39, 0.29) is 0 Å². The lowest BCUT2D eigenvalue weighted by Gasteiger charge is -2.07. The van der Waals surface area contributed by atoms with Crippen molar-refractivity contribution < 1.29 is 0 Å². The van der Waals surface area contributed by atoms with Gasteiger partial charge in [-0.15, -0.1) is 0 Å². The molecule has 0 saturated carbocycles. The fourth-order valence-corrected chi connectivity index (χ4v) is 3.59. The van der Waals surface area contributed by atoms with Gasteiger partial charge < -0.3 is 4.98 Å². The Labute approximate surface area is 151 Å². The number of aryl methyl sites for hydroxylation is 1. The number of halogens is 3. The molecule has 0 aliphatic carbocycles. The molecule has 1 aromatic heterocycles. The summed E-state index contributed by atoms with van der Waals surface area (Å²) in [5.41, 5.74) is 5.88. The molecule has 3 rings (SSSR count). The van der Waals surface area contributed by atoms with Gasteiger partial charge in [-0.1, -0.05) is 51.8 Å². The predicted molar refractivity (Wildman–Crippen MR) is 102 cm³/mol. The first-order chi connectivity index (χ1) is 10.1. The molecule has 4 heteroatoms. The van der Waals surface area contributed by atoms with Gasteiger partial charge in [0, 0.05) is 24.3 Å². The maximum atomic E-state index is 6.00. The molecule has 1 heterocycles. The number of H-pyrrole nitrogens is 1. The highest BCUT2D eigenvalue weighted by Gasteiger charge is 2.16. The minimum Gasteiger partial charge on any atom is -0.357 e. The van der Waals surface area contributed by atoms with Gasteiger partial charge in [0.15, 0.2) is 0 Å². The molecule has 3 aromatic rings. The molecule has 0 amide bonds. The summed E-state index contributed by atoms with van der Waals surface area (Å²) in [7, 11) is 0. The van der Waals surface area contributed by atoms with E-state index in [4.69, 9.17) is 11.6 Å². The zero-order valence-electron chi connectivity index (χ0n) is 11.3. The van der Waals surface area contributed by atoms with Crippen LogP contribution in [0.1, 0.15) is 5.69 Å². The molecule has 0 bridgehead atoms. The molecule has 106 valence electrons. The molecule has 0 radical (unpaired) electrons. The van der Waals surface area contributed by atoms with Crippen LogP contribution in [-0.2, 0) is 0 Å². The molecule has 0 atom stereocenters. The number of nitrogens with one attached hydrogen (secondary N) is 1. The third-order valence-electron chi connectivity index (χ3n) is 3.36. The minimum atomic E-state index is 0.751. The van der Waals surface area contributed by atoms with Crippen LogP contribution < -0.4 is 0 Å². The molecule has 0 aliphatic rings. The average Bonchev–Trinajstić information content (AvgIpc) is 2.76. The second kappa shape index (κ2) is 6.15. The van der Waals surface area contributed by atoms with Gasteiger partial charge in [-0.25, -0.2) is 0 Å². The largest absolute Gasteiger partial charge is 0.357 e. The first-order valence-corrected chi connectivity index (χ1v) is 8.71. The number of aromatic nitrogens is 1. The van der Waals surface area contributed by atoms with Crippen molar-refractivity contribution in [2.24, 2.45) is 0 Å². The van der Waals surface area contributed by atoms with E-state index < -0.39 is 0 Å². The fourth-order valence-electron chi connectivity index (χ4n) is 2.35. The van der Waals surface area contributed by atoms with Gasteiger partial charge in [0.1, 0.15) is 0 Å². The Morgan fingerprint density at radius 3 is 2.43 bits per heavy atom. The maximum absolute atomic E-state index is 6.00. The molecular formula is C17H12BrClIN. The van der Waals surface area contributed by atoms with Gasteiger partial charge in [0.25, 0.3) is 0 Å². The Kier molecular flexibility index (Phi) is 4.43. The number of rotatable bonds is 2. The maximum Gasteiger partial charge on any atom is 0.0546 e. The Balaban J connectivity index is 2.23. The molecule has 2 aromatic carbocycles. The van der Waals surface area contributed by atoms with Crippen molar-refractivity contribution in [1.82, 2.24) is 4.98 Å². The van der Waals surface area contributed by atoms with Crippen LogP contribution in [0.4, 0.5) is 0 Å². The Bertz CT molecular complexity index is 793.